The van der Waals surface area contributed by atoms with E-state index in [1.807, 2.05) is 6.92 Å². The van der Waals surface area contributed by atoms with Crippen molar-refractivity contribution in [2.24, 2.45) is 0 Å². The lowest BCUT2D eigenvalue weighted by atomic mass is 10.1. The second-order valence-corrected chi connectivity index (χ2v) is 3.65. The molecule has 0 bridgehead atoms. The summed E-state index contributed by atoms with van der Waals surface area (Å²) in [6.45, 7) is 10.3. The Morgan fingerprint density at radius 3 is 2.60 bits per heavy atom. The van der Waals surface area contributed by atoms with Crippen LogP contribution in [0.3, 0.4) is 0 Å². The molecule has 15 heavy (non-hydrogen) atoms. The maximum Gasteiger partial charge on any atom is 0.508 e. The molecule has 0 aromatic rings. The molecule has 0 rings (SSSR count). The Kier molecular flexibility index (Phi) is 6.79. The first kappa shape index (κ1) is 14.0. The van der Waals surface area contributed by atoms with Crippen LogP contribution in [0.15, 0.2) is 12.7 Å². The predicted molar refractivity (Wildman–Crippen MR) is 57.8 cm³/mol. The molecule has 0 amide bonds. The Bertz CT molecular complexity index is 199. The molecular formula is C11H20O4. The van der Waals surface area contributed by atoms with E-state index in [0.717, 1.165) is 0 Å². The van der Waals surface area contributed by atoms with Crippen molar-refractivity contribution in [3.8, 4) is 0 Å². The molecule has 4 heteroatoms. The molecule has 0 fully saturated rings. The molecule has 0 spiro atoms. The van der Waals surface area contributed by atoms with Crippen LogP contribution >= 0.6 is 0 Å². The van der Waals surface area contributed by atoms with Crippen molar-refractivity contribution in [3.05, 3.63) is 12.7 Å². The molecule has 0 N–H and O–H groups in total. The lowest BCUT2D eigenvalue weighted by Gasteiger charge is -2.22. The summed E-state index contributed by atoms with van der Waals surface area (Å²) >= 11 is 0. The zero-order chi connectivity index (χ0) is 11.7. The highest BCUT2D eigenvalue weighted by Crippen LogP contribution is 2.15. The fourth-order valence-electron chi connectivity index (χ4n) is 0.973. The third kappa shape index (κ3) is 8.00. The molecule has 88 valence electrons. The van der Waals surface area contributed by atoms with Crippen LogP contribution < -0.4 is 0 Å². The van der Waals surface area contributed by atoms with Crippen LogP contribution in [-0.2, 0) is 14.2 Å². The normalized spacial score (nSPS) is 10.9. The van der Waals surface area contributed by atoms with Gasteiger partial charge < -0.3 is 14.2 Å². The van der Waals surface area contributed by atoms with E-state index >= 15 is 0 Å². The minimum atomic E-state index is -0.665. The highest BCUT2D eigenvalue weighted by atomic mass is 16.7. The molecule has 0 saturated carbocycles. The zero-order valence-corrected chi connectivity index (χ0v) is 9.75. The first-order chi connectivity index (χ1) is 7.02. The monoisotopic (exact) mass is 216 g/mol. The van der Waals surface area contributed by atoms with Gasteiger partial charge in [-0.2, -0.15) is 0 Å². The highest BCUT2D eigenvalue weighted by molar-refractivity contribution is 5.60. The van der Waals surface area contributed by atoms with Crippen molar-refractivity contribution in [2.45, 2.75) is 32.8 Å². The lowest BCUT2D eigenvalue weighted by Crippen LogP contribution is -2.28. The van der Waals surface area contributed by atoms with Gasteiger partial charge in [0.15, 0.2) is 0 Å². The number of carbonyl (C=O) groups excluding carboxylic acids is 1. The van der Waals surface area contributed by atoms with E-state index in [2.05, 4.69) is 6.58 Å². The Labute approximate surface area is 91.2 Å². The quantitative estimate of drug-likeness (QED) is 0.372. The Hall–Kier alpha value is -1.03. The Morgan fingerprint density at radius 2 is 2.07 bits per heavy atom. The third-order valence-electron chi connectivity index (χ3n) is 1.65. The molecule has 0 aliphatic carbocycles. The van der Waals surface area contributed by atoms with Gasteiger partial charge in [-0.05, 0) is 20.8 Å². The molecule has 0 saturated heterocycles. The fraction of sp³-hybridized carbons (Fsp3) is 0.727. The topological polar surface area (TPSA) is 44.8 Å². The van der Waals surface area contributed by atoms with Gasteiger partial charge in [0.2, 0.25) is 0 Å². The standard InChI is InChI=1S/C11H20O4/c1-5-7-11(3,4)15-10(12)14-9-8-13-6-2/h5H,1,6-9H2,2-4H3. The fourth-order valence-corrected chi connectivity index (χ4v) is 0.973. The van der Waals surface area contributed by atoms with Crippen molar-refractivity contribution in [2.75, 3.05) is 19.8 Å². The van der Waals surface area contributed by atoms with Crippen molar-refractivity contribution in [1.82, 2.24) is 0 Å². The largest absolute Gasteiger partial charge is 0.508 e. The van der Waals surface area contributed by atoms with Gasteiger partial charge in [-0.3, -0.25) is 0 Å². The van der Waals surface area contributed by atoms with Gasteiger partial charge in [0.05, 0.1) is 6.61 Å². The summed E-state index contributed by atoms with van der Waals surface area (Å²) in [6, 6.07) is 0. The van der Waals surface area contributed by atoms with Crippen LogP contribution in [0.2, 0.25) is 0 Å². The van der Waals surface area contributed by atoms with Gasteiger partial charge in [-0.1, -0.05) is 6.08 Å². The summed E-state index contributed by atoms with van der Waals surface area (Å²) in [4.78, 5) is 11.2. The maximum absolute atomic E-state index is 11.2. The molecule has 0 aliphatic heterocycles. The van der Waals surface area contributed by atoms with Gasteiger partial charge in [0, 0.05) is 13.0 Å². The van der Waals surface area contributed by atoms with Crippen molar-refractivity contribution >= 4 is 6.16 Å². The Balaban J connectivity index is 3.68. The zero-order valence-electron chi connectivity index (χ0n) is 9.75. The van der Waals surface area contributed by atoms with E-state index in [4.69, 9.17) is 14.2 Å². The summed E-state index contributed by atoms with van der Waals surface area (Å²) in [5.74, 6) is 0. The van der Waals surface area contributed by atoms with Crippen LogP contribution in [0.25, 0.3) is 0 Å². The van der Waals surface area contributed by atoms with Gasteiger partial charge in [0.1, 0.15) is 12.2 Å². The van der Waals surface area contributed by atoms with E-state index in [1.165, 1.54) is 0 Å². The van der Waals surface area contributed by atoms with E-state index in [1.54, 1.807) is 19.9 Å². The second kappa shape index (κ2) is 7.29. The average Bonchev–Trinajstić information content (AvgIpc) is 2.11. The summed E-state index contributed by atoms with van der Waals surface area (Å²) in [7, 11) is 0. The van der Waals surface area contributed by atoms with Crippen molar-refractivity contribution in [1.29, 1.82) is 0 Å². The maximum atomic E-state index is 11.2. The smallest absolute Gasteiger partial charge is 0.432 e. The number of ether oxygens (including phenoxy) is 3. The van der Waals surface area contributed by atoms with Gasteiger partial charge in [0.25, 0.3) is 0 Å². The number of rotatable bonds is 7. The molecule has 4 nitrogen and oxygen atoms in total. The van der Waals surface area contributed by atoms with Crippen LogP contribution in [0, 0.1) is 0 Å². The van der Waals surface area contributed by atoms with Crippen LogP contribution in [0.4, 0.5) is 4.79 Å². The molecule has 0 aromatic carbocycles. The first-order valence-electron chi connectivity index (χ1n) is 5.06. The molecule has 0 aliphatic rings. The number of carbonyl (C=O) groups is 1. The highest BCUT2D eigenvalue weighted by Gasteiger charge is 2.21. The third-order valence-corrected chi connectivity index (χ3v) is 1.65. The first-order valence-corrected chi connectivity index (χ1v) is 5.06. The van der Waals surface area contributed by atoms with Gasteiger partial charge >= 0.3 is 6.16 Å². The predicted octanol–water partition coefficient (Wildman–Crippen LogP) is 2.53. The average molecular weight is 216 g/mol. The van der Waals surface area contributed by atoms with Gasteiger partial charge in [-0.15, -0.1) is 6.58 Å². The summed E-state index contributed by atoms with van der Waals surface area (Å²) in [6.07, 6.45) is 1.63. The molecular weight excluding hydrogens is 196 g/mol. The molecule has 0 heterocycles. The molecule has 0 atom stereocenters. The van der Waals surface area contributed by atoms with Crippen LogP contribution in [-0.4, -0.2) is 31.6 Å². The minimum absolute atomic E-state index is 0.219. The summed E-state index contributed by atoms with van der Waals surface area (Å²) in [5, 5.41) is 0. The second-order valence-electron chi connectivity index (χ2n) is 3.65. The van der Waals surface area contributed by atoms with E-state index in [-0.39, 0.29) is 6.61 Å². The van der Waals surface area contributed by atoms with Gasteiger partial charge in [-0.25, -0.2) is 4.79 Å². The van der Waals surface area contributed by atoms with Crippen molar-refractivity contribution in [3.63, 3.8) is 0 Å². The Morgan fingerprint density at radius 1 is 1.40 bits per heavy atom. The minimum Gasteiger partial charge on any atom is -0.432 e. The molecule has 0 radical (unpaired) electrons. The molecule has 0 unspecified atom stereocenters. The van der Waals surface area contributed by atoms with E-state index < -0.39 is 11.8 Å². The number of hydrogen-bond acceptors (Lipinski definition) is 4. The van der Waals surface area contributed by atoms with E-state index in [0.29, 0.717) is 19.6 Å². The van der Waals surface area contributed by atoms with E-state index in [9.17, 15) is 4.79 Å². The molecule has 0 aromatic heterocycles. The van der Waals surface area contributed by atoms with Crippen molar-refractivity contribution < 1.29 is 19.0 Å². The number of hydrogen-bond donors (Lipinski definition) is 0. The van der Waals surface area contributed by atoms with Crippen LogP contribution in [0.5, 0.6) is 0 Å². The summed E-state index contributed by atoms with van der Waals surface area (Å²) < 4.78 is 14.9. The van der Waals surface area contributed by atoms with Crippen LogP contribution in [0.1, 0.15) is 27.2 Å². The summed E-state index contributed by atoms with van der Waals surface area (Å²) in [5.41, 5.74) is -0.565. The lowest BCUT2D eigenvalue weighted by molar-refractivity contribution is -0.0244. The SMILES string of the molecule is C=CCC(C)(C)OC(=O)OCCOCC.